The zero-order valence-corrected chi connectivity index (χ0v) is 32.1. The van der Waals surface area contributed by atoms with Gasteiger partial charge in [-0.1, -0.05) is 160 Å². The summed E-state index contributed by atoms with van der Waals surface area (Å²) in [6.45, 7) is 8.50. The van der Waals surface area contributed by atoms with Crippen molar-refractivity contribution in [2.75, 3.05) is 39.6 Å². The van der Waals surface area contributed by atoms with E-state index in [0.29, 0.717) is 30.8 Å². The third-order valence-electron chi connectivity index (χ3n) is 8.05. The normalized spacial score (nSPS) is 12.1. The van der Waals surface area contributed by atoms with Gasteiger partial charge < -0.3 is 14.4 Å². The minimum absolute atomic E-state index is 0.0815. The first-order valence-electron chi connectivity index (χ1n) is 19.0. The number of rotatable bonds is 33. The Kier molecular flexibility index (Phi) is 29.2. The molecule has 0 saturated carbocycles. The third kappa shape index (κ3) is 26.0. The van der Waals surface area contributed by atoms with Crippen LogP contribution in [-0.2, 0) is 9.53 Å². The summed E-state index contributed by atoms with van der Waals surface area (Å²) in [5.74, 6) is 0.860. The fourth-order valence-corrected chi connectivity index (χ4v) is 7.25. The monoisotopic (exact) mass is 682 g/mol. The van der Waals surface area contributed by atoms with Crippen molar-refractivity contribution in [3.63, 3.8) is 0 Å². The first kappa shape index (κ1) is 43.0. The van der Waals surface area contributed by atoms with Gasteiger partial charge in [-0.05, 0) is 39.8 Å². The Morgan fingerprint density at radius 2 is 1.20 bits per heavy atom. The molecule has 0 radical (unpaired) electrons. The van der Waals surface area contributed by atoms with E-state index in [1.807, 2.05) is 6.92 Å². The van der Waals surface area contributed by atoms with Crippen LogP contribution in [0.2, 0.25) is 0 Å². The second kappa shape index (κ2) is 31.2. The number of ether oxygens (including phenoxy) is 2. The van der Waals surface area contributed by atoms with E-state index in [9.17, 15) is 4.79 Å². The van der Waals surface area contributed by atoms with Crippen molar-refractivity contribution in [3.05, 3.63) is 0 Å². The maximum absolute atomic E-state index is 12.5. The van der Waals surface area contributed by atoms with E-state index in [1.54, 1.807) is 23.5 Å². The minimum atomic E-state index is -0.136. The number of unbranched alkanes of at least 4 members (excludes halogenated alkanes) is 17. The summed E-state index contributed by atoms with van der Waals surface area (Å²) >= 11 is 3.27. The van der Waals surface area contributed by atoms with Crippen LogP contribution in [0.5, 0.6) is 6.01 Å². The fourth-order valence-electron chi connectivity index (χ4n) is 5.29. The van der Waals surface area contributed by atoms with Crippen LogP contribution in [0.3, 0.4) is 0 Å². The maximum atomic E-state index is 12.5. The second-order valence-electron chi connectivity index (χ2n) is 13.0. The summed E-state index contributed by atoms with van der Waals surface area (Å²) in [6.07, 6.45) is 28.5. The SMILES string of the molecule is CCCCCCCCCCCCCCCCCCSc1nc(OCCCN(C)C)nc(SC(CCCCC)CC(=O)OCCC)n1. The van der Waals surface area contributed by atoms with E-state index < -0.39 is 0 Å². The lowest BCUT2D eigenvalue weighted by Gasteiger charge is -2.16. The predicted octanol–water partition coefficient (Wildman–Crippen LogP) is 10.9. The fraction of sp³-hybridized carbons (Fsp3) is 0.892. The van der Waals surface area contributed by atoms with Crippen LogP contribution in [0, 0.1) is 0 Å². The second-order valence-corrected chi connectivity index (χ2v) is 15.3. The average molecular weight is 683 g/mol. The predicted molar refractivity (Wildman–Crippen MR) is 198 cm³/mol. The smallest absolute Gasteiger partial charge is 0.321 e. The van der Waals surface area contributed by atoms with Crippen molar-refractivity contribution < 1.29 is 14.3 Å². The van der Waals surface area contributed by atoms with Gasteiger partial charge in [0.05, 0.1) is 19.6 Å². The van der Waals surface area contributed by atoms with Gasteiger partial charge in [-0.25, -0.2) is 0 Å². The summed E-state index contributed by atoms with van der Waals surface area (Å²) in [4.78, 5) is 28.7. The molecule has 9 heteroatoms. The molecule has 0 N–H and O–H groups in total. The van der Waals surface area contributed by atoms with E-state index in [1.165, 1.54) is 103 Å². The number of nitrogens with zero attached hydrogens (tertiary/aromatic N) is 4. The topological polar surface area (TPSA) is 77.4 Å². The Bertz CT molecular complexity index is 847. The zero-order valence-electron chi connectivity index (χ0n) is 30.5. The van der Waals surface area contributed by atoms with Gasteiger partial charge in [0.25, 0.3) is 0 Å². The molecular formula is C37H70N4O3S2. The van der Waals surface area contributed by atoms with Gasteiger partial charge in [0.15, 0.2) is 10.3 Å². The largest absolute Gasteiger partial charge is 0.466 e. The van der Waals surface area contributed by atoms with Crippen molar-refractivity contribution in [1.29, 1.82) is 0 Å². The summed E-state index contributed by atoms with van der Waals surface area (Å²) < 4.78 is 11.4. The number of hydrogen-bond donors (Lipinski definition) is 0. The van der Waals surface area contributed by atoms with Crippen molar-refractivity contribution in [2.24, 2.45) is 0 Å². The van der Waals surface area contributed by atoms with Gasteiger partial charge >= 0.3 is 12.0 Å². The number of carbonyl (C=O) groups excluding carboxylic acids is 1. The molecule has 0 aliphatic carbocycles. The van der Waals surface area contributed by atoms with Gasteiger partial charge in [-0.3, -0.25) is 4.79 Å². The van der Waals surface area contributed by atoms with Crippen LogP contribution < -0.4 is 4.74 Å². The van der Waals surface area contributed by atoms with E-state index in [-0.39, 0.29) is 11.2 Å². The van der Waals surface area contributed by atoms with Gasteiger partial charge in [-0.2, -0.15) is 15.0 Å². The van der Waals surface area contributed by atoms with E-state index >= 15 is 0 Å². The van der Waals surface area contributed by atoms with Crippen molar-refractivity contribution in [3.8, 4) is 6.01 Å². The van der Waals surface area contributed by atoms with Crippen LogP contribution in [0.1, 0.15) is 168 Å². The minimum Gasteiger partial charge on any atom is -0.466 e. The lowest BCUT2D eigenvalue weighted by molar-refractivity contribution is -0.143. The van der Waals surface area contributed by atoms with Crippen LogP contribution in [-0.4, -0.2) is 70.7 Å². The summed E-state index contributed by atoms with van der Waals surface area (Å²) in [5, 5.41) is 1.46. The molecule has 7 nitrogen and oxygen atoms in total. The molecule has 0 bridgehead atoms. The molecular weight excluding hydrogens is 613 g/mol. The summed E-state index contributed by atoms with van der Waals surface area (Å²) in [5.41, 5.74) is 0. The Labute approximate surface area is 292 Å². The Hall–Kier alpha value is -1.06. The van der Waals surface area contributed by atoms with Crippen LogP contribution in [0.15, 0.2) is 10.3 Å². The van der Waals surface area contributed by atoms with Gasteiger partial charge in [0, 0.05) is 17.5 Å². The molecule has 1 aromatic heterocycles. The molecule has 1 unspecified atom stereocenters. The highest BCUT2D eigenvalue weighted by molar-refractivity contribution is 8.00. The highest BCUT2D eigenvalue weighted by Crippen LogP contribution is 2.30. The average Bonchev–Trinajstić information content (AvgIpc) is 3.03. The molecule has 0 saturated heterocycles. The van der Waals surface area contributed by atoms with Crippen LogP contribution >= 0.6 is 23.5 Å². The van der Waals surface area contributed by atoms with Crippen molar-refractivity contribution >= 4 is 29.5 Å². The highest BCUT2D eigenvalue weighted by Gasteiger charge is 2.19. The summed E-state index contributed by atoms with van der Waals surface area (Å²) in [7, 11) is 4.13. The van der Waals surface area contributed by atoms with Crippen LogP contribution in [0.4, 0.5) is 0 Å². The molecule has 268 valence electrons. The lowest BCUT2D eigenvalue weighted by atomic mass is 10.0. The number of thioether (sulfide) groups is 2. The molecule has 46 heavy (non-hydrogen) atoms. The molecule has 1 atom stereocenters. The van der Waals surface area contributed by atoms with Gasteiger partial charge in [0.2, 0.25) is 0 Å². The van der Waals surface area contributed by atoms with E-state index in [0.717, 1.165) is 56.0 Å². The van der Waals surface area contributed by atoms with Crippen LogP contribution in [0.25, 0.3) is 0 Å². The zero-order chi connectivity index (χ0) is 33.5. The van der Waals surface area contributed by atoms with Crippen molar-refractivity contribution in [2.45, 2.75) is 184 Å². The molecule has 0 amide bonds. The molecule has 1 heterocycles. The Morgan fingerprint density at radius 1 is 0.652 bits per heavy atom. The lowest BCUT2D eigenvalue weighted by Crippen LogP contribution is -2.16. The number of hydrogen-bond acceptors (Lipinski definition) is 9. The summed E-state index contributed by atoms with van der Waals surface area (Å²) in [6, 6.07) is 0.395. The molecule has 0 aliphatic heterocycles. The number of carbonyl (C=O) groups is 1. The van der Waals surface area contributed by atoms with E-state index in [4.69, 9.17) is 14.5 Å². The molecule has 0 spiro atoms. The molecule has 0 fully saturated rings. The molecule has 0 aromatic carbocycles. The highest BCUT2D eigenvalue weighted by atomic mass is 32.2. The van der Waals surface area contributed by atoms with E-state index in [2.05, 4.69) is 42.8 Å². The molecule has 1 rings (SSSR count). The van der Waals surface area contributed by atoms with Gasteiger partial charge in [0.1, 0.15) is 0 Å². The standard InChI is InChI=1S/C37H70N4O3S2/c1-6-9-11-12-13-14-15-16-17-18-19-20-21-22-23-25-31-45-36-38-35(44-30-26-28-41(4)5)39-37(40-36)46-33(27-24-10-7-2)32-34(42)43-29-8-3/h33H,6-32H2,1-5H3. The Balaban J connectivity index is 2.47. The van der Waals surface area contributed by atoms with Crippen molar-refractivity contribution in [1.82, 2.24) is 19.9 Å². The molecule has 0 aliphatic rings. The third-order valence-corrected chi connectivity index (χ3v) is 10.1. The first-order valence-corrected chi connectivity index (χ1v) is 20.8. The quantitative estimate of drug-likeness (QED) is 0.0409. The number of aromatic nitrogens is 3. The Morgan fingerprint density at radius 3 is 1.76 bits per heavy atom. The first-order chi connectivity index (χ1) is 22.5. The molecule has 1 aromatic rings. The maximum Gasteiger partial charge on any atom is 0.321 e. The number of esters is 1. The van der Waals surface area contributed by atoms with Gasteiger partial charge in [-0.15, -0.1) is 0 Å².